The quantitative estimate of drug-likeness (QED) is 0.427. The van der Waals surface area contributed by atoms with Crippen LogP contribution in [0.2, 0.25) is 0 Å². The van der Waals surface area contributed by atoms with Crippen LogP contribution in [0.15, 0.2) is 60.8 Å². The van der Waals surface area contributed by atoms with Gasteiger partial charge in [-0.15, -0.1) is 0 Å². The molecule has 0 bridgehead atoms. The standard InChI is InChI=1S/C29H37N3/c1-20(2)31-19-32(27-26(31)13-10-14-30-27)25-12-9-11-21(17-25)22-15-23(28(3,4)5)18-24(16-22)29(6,7)8/h9-18,20H,19H2,1-8H3. The molecule has 1 aromatic heterocycles. The summed E-state index contributed by atoms with van der Waals surface area (Å²) in [4.78, 5) is 9.47. The maximum absolute atomic E-state index is 4.73. The van der Waals surface area contributed by atoms with E-state index >= 15 is 0 Å². The molecule has 168 valence electrons. The van der Waals surface area contributed by atoms with Crippen LogP contribution in [0.5, 0.6) is 0 Å². The van der Waals surface area contributed by atoms with Gasteiger partial charge in [-0.2, -0.15) is 0 Å². The molecule has 0 amide bonds. The van der Waals surface area contributed by atoms with E-state index < -0.39 is 0 Å². The normalized spacial score (nSPS) is 14.3. The molecule has 2 heterocycles. The maximum Gasteiger partial charge on any atom is 0.158 e. The van der Waals surface area contributed by atoms with E-state index in [1.165, 1.54) is 33.6 Å². The third-order valence-corrected chi connectivity index (χ3v) is 6.40. The first-order chi connectivity index (χ1) is 14.9. The molecule has 0 unspecified atom stereocenters. The van der Waals surface area contributed by atoms with Crippen molar-refractivity contribution in [2.24, 2.45) is 0 Å². The number of hydrogen-bond acceptors (Lipinski definition) is 3. The van der Waals surface area contributed by atoms with Gasteiger partial charge >= 0.3 is 0 Å². The first-order valence-corrected chi connectivity index (χ1v) is 11.7. The van der Waals surface area contributed by atoms with E-state index in [2.05, 4.69) is 114 Å². The van der Waals surface area contributed by atoms with Crippen molar-refractivity contribution in [3.63, 3.8) is 0 Å². The van der Waals surface area contributed by atoms with E-state index in [1.807, 2.05) is 12.3 Å². The Morgan fingerprint density at radius 1 is 0.781 bits per heavy atom. The number of anilines is 3. The van der Waals surface area contributed by atoms with Gasteiger partial charge in [0.1, 0.15) is 0 Å². The van der Waals surface area contributed by atoms with Crippen molar-refractivity contribution < 1.29 is 0 Å². The molecule has 2 aromatic carbocycles. The number of rotatable bonds is 3. The van der Waals surface area contributed by atoms with Crippen molar-refractivity contribution in [2.45, 2.75) is 72.3 Å². The largest absolute Gasteiger partial charge is 0.348 e. The van der Waals surface area contributed by atoms with E-state index in [9.17, 15) is 0 Å². The van der Waals surface area contributed by atoms with Crippen molar-refractivity contribution in [2.75, 3.05) is 16.5 Å². The highest BCUT2D eigenvalue weighted by Crippen LogP contribution is 2.41. The summed E-state index contributed by atoms with van der Waals surface area (Å²) in [6.07, 6.45) is 1.89. The van der Waals surface area contributed by atoms with E-state index in [0.29, 0.717) is 6.04 Å². The van der Waals surface area contributed by atoms with Gasteiger partial charge in [0.2, 0.25) is 0 Å². The number of hydrogen-bond donors (Lipinski definition) is 0. The van der Waals surface area contributed by atoms with Gasteiger partial charge in [-0.05, 0) is 71.2 Å². The molecule has 3 aromatic rings. The van der Waals surface area contributed by atoms with E-state index in [0.717, 1.165) is 12.5 Å². The fourth-order valence-electron chi connectivity index (χ4n) is 4.28. The van der Waals surface area contributed by atoms with Crippen LogP contribution in [0.4, 0.5) is 17.2 Å². The van der Waals surface area contributed by atoms with Crippen LogP contribution in [-0.2, 0) is 10.8 Å². The van der Waals surface area contributed by atoms with Gasteiger partial charge in [0.05, 0.1) is 12.4 Å². The molecule has 32 heavy (non-hydrogen) atoms. The van der Waals surface area contributed by atoms with Gasteiger partial charge in [-0.25, -0.2) is 4.98 Å². The fraction of sp³-hybridized carbons (Fsp3) is 0.414. The second kappa shape index (κ2) is 7.95. The maximum atomic E-state index is 4.73. The molecule has 0 aliphatic carbocycles. The molecular weight excluding hydrogens is 390 g/mol. The van der Waals surface area contributed by atoms with Crippen LogP contribution in [0.1, 0.15) is 66.5 Å². The van der Waals surface area contributed by atoms with Gasteiger partial charge in [0.25, 0.3) is 0 Å². The Hall–Kier alpha value is -2.81. The van der Waals surface area contributed by atoms with Crippen LogP contribution < -0.4 is 9.80 Å². The number of fused-ring (bicyclic) bond motifs is 1. The smallest absolute Gasteiger partial charge is 0.158 e. The minimum absolute atomic E-state index is 0.100. The van der Waals surface area contributed by atoms with Crippen LogP contribution >= 0.6 is 0 Å². The summed E-state index contributed by atoms with van der Waals surface area (Å²) < 4.78 is 0. The van der Waals surface area contributed by atoms with Gasteiger partial charge in [-0.1, -0.05) is 71.9 Å². The van der Waals surface area contributed by atoms with Gasteiger partial charge < -0.3 is 9.80 Å². The Morgan fingerprint density at radius 2 is 1.44 bits per heavy atom. The second-order valence-corrected chi connectivity index (χ2v) is 11.3. The molecule has 3 nitrogen and oxygen atoms in total. The Kier molecular flexibility index (Phi) is 5.56. The minimum Gasteiger partial charge on any atom is -0.348 e. The van der Waals surface area contributed by atoms with Crippen LogP contribution in [-0.4, -0.2) is 17.7 Å². The molecule has 1 aliphatic rings. The average Bonchev–Trinajstić information content (AvgIpc) is 3.12. The Labute approximate surface area is 194 Å². The lowest BCUT2D eigenvalue weighted by Crippen LogP contribution is -2.33. The summed E-state index contributed by atoms with van der Waals surface area (Å²) in [7, 11) is 0. The Bertz CT molecular complexity index is 1080. The molecule has 3 heteroatoms. The van der Waals surface area contributed by atoms with Crippen LogP contribution in [0.25, 0.3) is 11.1 Å². The minimum atomic E-state index is 0.100. The predicted octanol–water partition coefficient (Wildman–Crippen LogP) is 7.67. The van der Waals surface area contributed by atoms with E-state index in [1.54, 1.807) is 0 Å². The molecule has 4 rings (SSSR count). The molecule has 0 radical (unpaired) electrons. The topological polar surface area (TPSA) is 19.4 Å². The zero-order valence-electron chi connectivity index (χ0n) is 20.9. The summed E-state index contributed by atoms with van der Waals surface area (Å²) in [5.41, 5.74) is 7.88. The van der Waals surface area contributed by atoms with Crippen molar-refractivity contribution in [3.8, 4) is 11.1 Å². The molecule has 0 fully saturated rings. The molecular formula is C29H37N3. The summed E-state index contributed by atoms with van der Waals surface area (Å²) >= 11 is 0. The highest BCUT2D eigenvalue weighted by Gasteiger charge is 2.29. The monoisotopic (exact) mass is 427 g/mol. The average molecular weight is 428 g/mol. The second-order valence-electron chi connectivity index (χ2n) is 11.3. The van der Waals surface area contributed by atoms with Crippen LogP contribution in [0, 0.1) is 0 Å². The molecule has 0 N–H and O–H groups in total. The van der Waals surface area contributed by atoms with Crippen molar-refractivity contribution in [1.82, 2.24) is 4.98 Å². The molecule has 0 saturated heterocycles. The fourth-order valence-corrected chi connectivity index (χ4v) is 4.28. The highest BCUT2D eigenvalue weighted by atomic mass is 15.4. The lowest BCUT2D eigenvalue weighted by atomic mass is 9.79. The van der Waals surface area contributed by atoms with Gasteiger partial charge in [-0.3, -0.25) is 0 Å². The van der Waals surface area contributed by atoms with Gasteiger partial charge in [0.15, 0.2) is 5.82 Å². The van der Waals surface area contributed by atoms with E-state index in [4.69, 9.17) is 4.98 Å². The third-order valence-electron chi connectivity index (χ3n) is 6.40. The Morgan fingerprint density at radius 3 is 2.03 bits per heavy atom. The summed E-state index contributed by atoms with van der Waals surface area (Å²) in [6, 6.07) is 20.7. The molecule has 0 saturated carbocycles. The molecule has 0 spiro atoms. The zero-order chi connectivity index (χ0) is 23.3. The first-order valence-electron chi connectivity index (χ1n) is 11.7. The van der Waals surface area contributed by atoms with E-state index in [-0.39, 0.29) is 10.8 Å². The number of pyridine rings is 1. The third kappa shape index (κ3) is 4.26. The van der Waals surface area contributed by atoms with Gasteiger partial charge in [0, 0.05) is 17.9 Å². The summed E-state index contributed by atoms with van der Waals surface area (Å²) in [5.74, 6) is 1.04. The summed E-state index contributed by atoms with van der Waals surface area (Å²) in [5, 5.41) is 0. The van der Waals surface area contributed by atoms with Crippen LogP contribution in [0.3, 0.4) is 0 Å². The molecule has 0 atom stereocenters. The molecule has 1 aliphatic heterocycles. The lowest BCUT2D eigenvalue weighted by molar-refractivity contribution is 0.569. The first kappa shape index (κ1) is 22.4. The van der Waals surface area contributed by atoms with Crippen molar-refractivity contribution in [1.29, 1.82) is 0 Å². The van der Waals surface area contributed by atoms with Crippen molar-refractivity contribution in [3.05, 3.63) is 71.9 Å². The number of nitrogens with zero attached hydrogens (tertiary/aromatic N) is 3. The lowest BCUT2D eigenvalue weighted by Gasteiger charge is -2.27. The zero-order valence-corrected chi connectivity index (χ0v) is 20.9. The number of benzene rings is 2. The highest BCUT2D eigenvalue weighted by molar-refractivity contribution is 5.81. The van der Waals surface area contributed by atoms with Crippen molar-refractivity contribution >= 4 is 17.2 Å². The Balaban J connectivity index is 1.80. The number of aromatic nitrogens is 1. The SMILES string of the molecule is CC(C)N1CN(c2cccc(-c3cc(C(C)(C)C)cc(C(C)(C)C)c3)c2)c2ncccc21. The predicted molar refractivity (Wildman–Crippen MR) is 138 cm³/mol. The summed E-state index contributed by atoms with van der Waals surface area (Å²) in [6.45, 7) is 19.1.